The second kappa shape index (κ2) is 6.32. The smallest absolute Gasteiger partial charge is 0.138 e. The van der Waals surface area contributed by atoms with Gasteiger partial charge in [-0.05, 0) is 57.7 Å². The van der Waals surface area contributed by atoms with Gasteiger partial charge in [0.05, 0.1) is 5.69 Å². The van der Waals surface area contributed by atoms with Gasteiger partial charge in [-0.3, -0.25) is 9.88 Å². The predicted molar refractivity (Wildman–Crippen MR) is 84.3 cm³/mol. The molecule has 0 radical (unpaired) electrons. The van der Waals surface area contributed by atoms with E-state index in [2.05, 4.69) is 22.1 Å². The maximum Gasteiger partial charge on any atom is 0.138 e. The summed E-state index contributed by atoms with van der Waals surface area (Å²) in [7, 11) is 0. The zero-order valence-electron chi connectivity index (χ0n) is 13.2. The van der Waals surface area contributed by atoms with Crippen LogP contribution in [0.1, 0.15) is 50.4 Å². The summed E-state index contributed by atoms with van der Waals surface area (Å²) in [5, 5.41) is 13.8. The summed E-state index contributed by atoms with van der Waals surface area (Å²) in [6.07, 6.45) is 6.28. The molecule has 4 nitrogen and oxygen atoms in total. The van der Waals surface area contributed by atoms with E-state index in [0.29, 0.717) is 23.9 Å². The lowest BCUT2D eigenvalue weighted by atomic mass is 9.97. The van der Waals surface area contributed by atoms with Crippen LogP contribution < -0.4 is 5.32 Å². The van der Waals surface area contributed by atoms with Crippen LogP contribution in [-0.4, -0.2) is 39.7 Å². The molecule has 0 amide bonds. The van der Waals surface area contributed by atoms with E-state index in [4.69, 9.17) is 0 Å². The van der Waals surface area contributed by atoms with E-state index >= 15 is 0 Å². The SMILES string of the molecule is CCCN(Cc1nc(C)ccc1O)C1CC2CCC(C1)N2. The number of pyridine rings is 1. The van der Waals surface area contributed by atoms with Crippen LogP contribution in [0.2, 0.25) is 0 Å². The Bertz CT molecular complexity index is 479. The maximum atomic E-state index is 10.1. The number of hydrogen-bond acceptors (Lipinski definition) is 4. The summed E-state index contributed by atoms with van der Waals surface area (Å²) in [4.78, 5) is 7.07. The second-order valence-electron chi connectivity index (χ2n) is 6.65. The van der Waals surface area contributed by atoms with Crippen LogP contribution in [-0.2, 0) is 6.54 Å². The maximum absolute atomic E-state index is 10.1. The summed E-state index contributed by atoms with van der Waals surface area (Å²) >= 11 is 0. The molecule has 116 valence electrons. The van der Waals surface area contributed by atoms with Gasteiger partial charge in [-0.2, -0.15) is 0 Å². The van der Waals surface area contributed by atoms with Crippen LogP contribution in [0.4, 0.5) is 0 Å². The van der Waals surface area contributed by atoms with Crippen molar-refractivity contribution in [2.24, 2.45) is 0 Å². The molecule has 3 rings (SSSR count). The van der Waals surface area contributed by atoms with Crippen molar-refractivity contribution < 1.29 is 5.11 Å². The van der Waals surface area contributed by atoms with Gasteiger partial charge in [0.15, 0.2) is 0 Å². The average molecular weight is 289 g/mol. The van der Waals surface area contributed by atoms with E-state index in [0.717, 1.165) is 30.9 Å². The number of aryl methyl sites for hydroxylation is 1. The molecule has 2 N–H and O–H groups in total. The van der Waals surface area contributed by atoms with Gasteiger partial charge in [0, 0.05) is 30.4 Å². The Labute approximate surface area is 127 Å². The minimum Gasteiger partial charge on any atom is -0.506 e. The van der Waals surface area contributed by atoms with Gasteiger partial charge in [-0.25, -0.2) is 0 Å². The molecule has 2 saturated heterocycles. The third-order valence-corrected chi connectivity index (χ3v) is 4.92. The number of piperidine rings is 1. The van der Waals surface area contributed by atoms with Crippen LogP contribution in [0.25, 0.3) is 0 Å². The van der Waals surface area contributed by atoms with Crippen molar-refractivity contribution in [1.29, 1.82) is 0 Å². The van der Waals surface area contributed by atoms with E-state index in [1.807, 2.05) is 13.0 Å². The lowest BCUT2D eigenvalue weighted by Crippen LogP contribution is -2.48. The summed E-state index contributed by atoms with van der Waals surface area (Å²) in [6, 6.07) is 5.67. The second-order valence-corrected chi connectivity index (χ2v) is 6.65. The first-order valence-electron chi connectivity index (χ1n) is 8.31. The molecule has 2 fully saturated rings. The molecule has 0 aliphatic carbocycles. The van der Waals surface area contributed by atoms with E-state index in [9.17, 15) is 5.11 Å². The number of rotatable bonds is 5. The van der Waals surface area contributed by atoms with Gasteiger partial charge >= 0.3 is 0 Å². The van der Waals surface area contributed by atoms with Crippen molar-refractivity contribution in [3.63, 3.8) is 0 Å². The number of aromatic hydroxyl groups is 1. The van der Waals surface area contributed by atoms with Crippen LogP contribution in [0, 0.1) is 6.92 Å². The average Bonchev–Trinajstić information content (AvgIpc) is 2.81. The van der Waals surface area contributed by atoms with Gasteiger partial charge in [-0.15, -0.1) is 0 Å². The Hall–Kier alpha value is -1.13. The zero-order valence-corrected chi connectivity index (χ0v) is 13.2. The van der Waals surface area contributed by atoms with E-state index < -0.39 is 0 Å². The summed E-state index contributed by atoms with van der Waals surface area (Å²) < 4.78 is 0. The number of nitrogens with zero attached hydrogens (tertiary/aromatic N) is 2. The highest BCUT2D eigenvalue weighted by Gasteiger charge is 2.36. The summed E-state index contributed by atoms with van der Waals surface area (Å²) in [5.41, 5.74) is 1.80. The topological polar surface area (TPSA) is 48.4 Å². The first-order chi connectivity index (χ1) is 10.2. The lowest BCUT2D eigenvalue weighted by molar-refractivity contribution is 0.131. The highest BCUT2D eigenvalue weighted by atomic mass is 16.3. The summed E-state index contributed by atoms with van der Waals surface area (Å²) in [5.74, 6) is 0.332. The molecule has 0 aromatic carbocycles. The molecule has 4 heteroatoms. The van der Waals surface area contributed by atoms with Crippen LogP contribution >= 0.6 is 0 Å². The molecule has 1 aromatic heterocycles. The van der Waals surface area contributed by atoms with Crippen molar-refractivity contribution in [1.82, 2.24) is 15.2 Å². The van der Waals surface area contributed by atoms with Gasteiger partial charge in [0.25, 0.3) is 0 Å². The monoisotopic (exact) mass is 289 g/mol. The number of fused-ring (bicyclic) bond motifs is 2. The third-order valence-electron chi connectivity index (χ3n) is 4.92. The van der Waals surface area contributed by atoms with Crippen LogP contribution in [0.15, 0.2) is 12.1 Å². The molecule has 2 bridgehead atoms. The summed E-state index contributed by atoms with van der Waals surface area (Å²) in [6.45, 7) is 6.06. The number of hydrogen-bond donors (Lipinski definition) is 2. The van der Waals surface area contributed by atoms with Crippen molar-refractivity contribution in [3.05, 3.63) is 23.5 Å². The normalized spacial score (nSPS) is 28.2. The van der Waals surface area contributed by atoms with Crippen molar-refractivity contribution >= 4 is 0 Å². The largest absolute Gasteiger partial charge is 0.506 e. The Balaban J connectivity index is 1.73. The minimum absolute atomic E-state index is 0.332. The van der Waals surface area contributed by atoms with Gasteiger partial charge in [0.2, 0.25) is 0 Å². The van der Waals surface area contributed by atoms with Crippen molar-refractivity contribution in [3.8, 4) is 5.75 Å². The molecule has 0 spiro atoms. The van der Waals surface area contributed by atoms with Gasteiger partial charge in [-0.1, -0.05) is 6.92 Å². The molecule has 2 aliphatic heterocycles. The van der Waals surface area contributed by atoms with Crippen molar-refractivity contribution in [2.75, 3.05) is 6.54 Å². The highest BCUT2D eigenvalue weighted by molar-refractivity contribution is 5.27. The molecule has 0 saturated carbocycles. The number of nitrogens with one attached hydrogen (secondary N) is 1. The molecular formula is C17H27N3O. The van der Waals surface area contributed by atoms with Gasteiger partial charge in [0.1, 0.15) is 5.75 Å². The quantitative estimate of drug-likeness (QED) is 0.875. The van der Waals surface area contributed by atoms with Crippen LogP contribution in [0.3, 0.4) is 0 Å². The third kappa shape index (κ3) is 3.38. The van der Waals surface area contributed by atoms with Gasteiger partial charge < -0.3 is 10.4 Å². The molecule has 1 aromatic rings. The fourth-order valence-electron chi connectivity index (χ4n) is 3.92. The Kier molecular flexibility index (Phi) is 4.45. The molecular weight excluding hydrogens is 262 g/mol. The minimum atomic E-state index is 0.332. The molecule has 2 aliphatic rings. The predicted octanol–water partition coefficient (Wildman–Crippen LogP) is 2.59. The fourth-order valence-corrected chi connectivity index (χ4v) is 3.92. The Morgan fingerprint density at radius 3 is 2.67 bits per heavy atom. The van der Waals surface area contributed by atoms with E-state index in [-0.39, 0.29) is 0 Å². The first-order valence-corrected chi connectivity index (χ1v) is 8.31. The van der Waals surface area contributed by atoms with E-state index in [1.165, 1.54) is 25.7 Å². The van der Waals surface area contributed by atoms with Crippen LogP contribution in [0.5, 0.6) is 5.75 Å². The standard InChI is InChI=1S/C17H27N3O/c1-3-8-20(11-16-17(21)7-4-12(2)18-16)15-9-13-5-6-14(10-15)19-13/h4,7,13-15,19,21H,3,5-6,8-11H2,1-2H3. The number of aromatic nitrogens is 1. The lowest BCUT2D eigenvalue weighted by Gasteiger charge is -2.37. The first kappa shape index (κ1) is 14.8. The van der Waals surface area contributed by atoms with Crippen molar-refractivity contribution in [2.45, 2.75) is 70.6 Å². The molecule has 3 heterocycles. The zero-order chi connectivity index (χ0) is 14.8. The fraction of sp³-hybridized carbons (Fsp3) is 0.706. The molecule has 2 atom stereocenters. The molecule has 21 heavy (non-hydrogen) atoms. The van der Waals surface area contributed by atoms with E-state index in [1.54, 1.807) is 6.07 Å². The molecule has 2 unspecified atom stereocenters. The highest BCUT2D eigenvalue weighted by Crippen LogP contribution is 2.31. The Morgan fingerprint density at radius 2 is 2.00 bits per heavy atom. The Morgan fingerprint density at radius 1 is 1.29 bits per heavy atom.